The van der Waals surface area contributed by atoms with E-state index in [1.165, 1.54) is 10.9 Å². The smallest absolute Gasteiger partial charge is 0.326 e. The fourth-order valence-electron chi connectivity index (χ4n) is 1.76. The standard InChI is InChI=1S/C15H20N4O/c1-11(2)6-7-16-15(20)19-9-14(18-10-19)13-5-4-12(3)17-8-13/h4-5,8-11H,6-7H2,1-3H3,(H,16,20). The third-order valence-electron chi connectivity index (χ3n) is 3.02. The minimum atomic E-state index is -0.149. The number of hydrogen-bond acceptors (Lipinski definition) is 3. The van der Waals surface area contributed by atoms with E-state index >= 15 is 0 Å². The zero-order valence-electron chi connectivity index (χ0n) is 12.1. The lowest BCUT2D eigenvalue weighted by Crippen LogP contribution is -2.29. The van der Waals surface area contributed by atoms with Gasteiger partial charge in [0.15, 0.2) is 0 Å². The number of aryl methyl sites for hydroxylation is 1. The number of carbonyl (C=O) groups excluding carboxylic acids is 1. The van der Waals surface area contributed by atoms with E-state index < -0.39 is 0 Å². The van der Waals surface area contributed by atoms with Crippen molar-refractivity contribution >= 4 is 6.03 Å². The first kappa shape index (κ1) is 14.2. The summed E-state index contributed by atoms with van der Waals surface area (Å²) in [5, 5.41) is 2.87. The van der Waals surface area contributed by atoms with Crippen LogP contribution in [0.3, 0.4) is 0 Å². The molecule has 0 aliphatic carbocycles. The van der Waals surface area contributed by atoms with Gasteiger partial charge in [0.2, 0.25) is 0 Å². The van der Waals surface area contributed by atoms with Gasteiger partial charge in [-0.1, -0.05) is 13.8 Å². The number of nitrogens with one attached hydrogen (secondary N) is 1. The van der Waals surface area contributed by atoms with Crippen molar-refractivity contribution in [3.8, 4) is 11.3 Å². The largest absolute Gasteiger partial charge is 0.337 e. The summed E-state index contributed by atoms with van der Waals surface area (Å²) >= 11 is 0. The van der Waals surface area contributed by atoms with Gasteiger partial charge in [0, 0.05) is 30.2 Å². The van der Waals surface area contributed by atoms with Gasteiger partial charge in [0.05, 0.1) is 5.69 Å². The van der Waals surface area contributed by atoms with Crippen LogP contribution in [0.25, 0.3) is 11.3 Å². The van der Waals surface area contributed by atoms with Crippen LogP contribution in [0.5, 0.6) is 0 Å². The van der Waals surface area contributed by atoms with Crippen LogP contribution in [0.2, 0.25) is 0 Å². The Hall–Kier alpha value is -2.17. The molecule has 0 spiro atoms. The van der Waals surface area contributed by atoms with Crippen molar-refractivity contribution in [1.29, 1.82) is 0 Å². The number of hydrogen-bond donors (Lipinski definition) is 1. The Morgan fingerprint density at radius 1 is 1.35 bits per heavy atom. The number of aromatic nitrogens is 3. The monoisotopic (exact) mass is 272 g/mol. The number of amides is 1. The molecule has 0 aliphatic rings. The lowest BCUT2D eigenvalue weighted by Gasteiger charge is -2.06. The highest BCUT2D eigenvalue weighted by Crippen LogP contribution is 2.15. The Labute approximate surface area is 119 Å². The highest BCUT2D eigenvalue weighted by Gasteiger charge is 2.08. The van der Waals surface area contributed by atoms with Crippen molar-refractivity contribution < 1.29 is 4.79 Å². The first-order valence-electron chi connectivity index (χ1n) is 6.81. The van der Waals surface area contributed by atoms with E-state index in [1.54, 1.807) is 12.4 Å². The lowest BCUT2D eigenvalue weighted by atomic mass is 10.1. The van der Waals surface area contributed by atoms with E-state index in [2.05, 4.69) is 29.1 Å². The van der Waals surface area contributed by atoms with Crippen molar-refractivity contribution in [1.82, 2.24) is 19.9 Å². The Bertz CT molecular complexity index is 572. The Morgan fingerprint density at radius 2 is 2.15 bits per heavy atom. The Morgan fingerprint density at radius 3 is 2.80 bits per heavy atom. The molecule has 0 bridgehead atoms. The molecule has 1 amide bonds. The molecule has 106 valence electrons. The maximum atomic E-state index is 11.9. The molecule has 0 radical (unpaired) electrons. The van der Waals surface area contributed by atoms with Crippen LogP contribution in [-0.2, 0) is 0 Å². The SMILES string of the molecule is Cc1ccc(-c2cn(C(=O)NCCC(C)C)cn2)cn1. The van der Waals surface area contributed by atoms with E-state index in [0.29, 0.717) is 12.5 Å². The zero-order chi connectivity index (χ0) is 14.5. The maximum absolute atomic E-state index is 11.9. The minimum absolute atomic E-state index is 0.149. The van der Waals surface area contributed by atoms with Gasteiger partial charge >= 0.3 is 6.03 Å². The van der Waals surface area contributed by atoms with Gasteiger partial charge in [-0.3, -0.25) is 9.55 Å². The van der Waals surface area contributed by atoms with Gasteiger partial charge in [-0.05, 0) is 31.4 Å². The van der Waals surface area contributed by atoms with Gasteiger partial charge in [0.25, 0.3) is 0 Å². The first-order valence-corrected chi connectivity index (χ1v) is 6.81. The second-order valence-electron chi connectivity index (χ2n) is 5.27. The van der Waals surface area contributed by atoms with Crippen LogP contribution >= 0.6 is 0 Å². The molecule has 0 aromatic carbocycles. The number of pyridine rings is 1. The summed E-state index contributed by atoms with van der Waals surface area (Å²) in [5.74, 6) is 0.576. The van der Waals surface area contributed by atoms with Gasteiger partial charge in [-0.25, -0.2) is 9.78 Å². The van der Waals surface area contributed by atoms with Crippen molar-refractivity contribution in [3.63, 3.8) is 0 Å². The summed E-state index contributed by atoms with van der Waals surface area (Å²) in [6.07, 6.45) is 5.98. The third-order valence-corrected chi connectivity index (χ3v) is 3.02. The third kappa shape index (κ3) is 3.66. The molecular weight excluding hydrogens is 252 g/mol. The number of nitrogens with zero attached hydrogens (tertiary/aromatic N) is 3. The van der Waals surface area contributed by atoms with Gasteiger partial charge < -0.3 is 5.32 Å². The molecule has 5 nitrogen and oxygen atoms in total. The molecule has 0 unspecified atom stereocenters. The second-order valence-corrected chi connectivity index (χ2v) is 5.27. The molecule has 2 aromatic heterocycles. The van der Waals surface area contributed by atoms with Crippen molar-refractivity contribution in [3.05, 3.63) is 36.5 Å². The van der Waals surface area contributed by atoms with Crippen LogP contribution in [0.4, 0.5) is 4.79 Å². The van der Waals surface area contributed by atoms with Crippen LogP contribution in [0.15, 0.2) is 30.9 Å². The molecule has 0 fully saturated rings. The normalized spacial score (nSPS) is 10.8. The molecule has 0 saturated heterocycles. The average Bonchev–Trinajstić information content (AvgIpc) is 2.88. The Balaban J connectivity index is 2.01. The van der Waals surface area contributed by atoms with E-state index in [-0.39, 0.29) is 6.03 Å². The van der Waals surface area contributed by atoms with Crippen molar-refractivity contribution in [2.24, 2.45) is 5.92 Å². The Kier molecular flexibility index (Phi) is 4.50. The number of imidazole rings is 1. The molecule has 2 heterocycles. The molecular formula is C15H20N4O. The van der Waals surface area contributed by atoms with Gasteiger partial charge in [-0.2, -0.15) is 0 Å². The molecule has 5 heteroatoms. The fraction of sp³-hybridized carbons (Fsp3) is 0.400. The van der Waals surface area contributed by atoms with Crippen LogP contribution < -0.4 is 5.32 Å². The molecule has 0 saturated carbocycles. The predicted molar refractivity (Wildman–Crippen MR) is 78.4 cm³/mol. The zero-order valence-corrected chi connectivity index (χ0v) is 12.1. The molecule has 0 aliphatic heterocycles. The first-order chi connectivity index (χ1) is 9.56. The highest BCUT2D eigenvalue weighted by molar-refractivity contribution is 5.77. The van der Waals surface area contributed by atoms with Crippen LogP contribution in [0.1, 0.15) is 26.0 Å². The molecule has 20 heavy (non-hydrogen) atoms. The predicted octanol–water partition coefficient (Wildman–Crippen LogP) is 2.86. The fourth-order valence-corrected chi connectivity index (χ4v) is 1.76. The summed E-state index contributed by atoms with van der Waals surface area (Å²) in [4.78, 5) is 20.4. The molecule has 0 atom stereocenters. The topological polar surface area (TPSA) is 59.8 Å². The maximum Gasteiger partial charge on any atom is 0.326 e. The van der Waals surface area contributed by atoms with Crippen molar-refractivity contribution in [2.45, 2.75) is 27.2 Å². The minimum Gasteiger partial charge on any atom is -0.337 e. The van der Waals surface area contributed by atoms with Crippen LogP contribution in [-0.4, -0.2) is 27.1 Å². The number of rotatable bonds is 4. The van der Waals surface area contributed by atoms with E-state index in [0.717, 1.165) is 23.4 Å². The second kappa shape index (κ2) is 6.32. The van der Waals surface area contributed by atoms with E-state index in [9.17, 15) is 4.79 Å². The summed E-state index contributed by atoms with van der Waals surface area (Å²) in [5.41, 5.74) is 2.61. The lowest BCUT2D eigenvalue weighted by molar-refractivity contribution is 0.242. The summed E-state index contributed by atoms with van der Waals surface area (Å²) in [7, 11) is 0. The molecule has 2 rings (SSSR count). The highest BCUT2D eigenvalue weighted by atomic mass is 16.2. The summed E-state index contributed by atoms with van der Waals surface area (Å²) in [6, 6.07) is 3.73. The quantitative estimate of drug-likeness (QED) is 0.931. The van der Waals surface area contributed by atoms with E-state index in [4.69, 9.17) is 0 Å². The molecule has 1 N–H and O–H groups in total. The average molecular weight is 272 g/mol. The van der Waals surface area contributed by atoms with Crippen molar-refractivity contribution in [2.75, 3.05) is 6.54 Å². The summed E-state index contributed by atoms with van der Waals surface area (Å²) in [6.45, 7) is 6.87. The summed E-state index contributed by atoms with van der Waals surface area (Å²) < 4.78 is 1.47. The number of carbonyl (C=O) groups is 1. The molecule has 2 aromatic rings. The van der Waals surface area contributed by atoms with Gasteiger partial charge in [0.1, 0.15) is 6.33 Å². The van der Waals surface area contributed by atoms with Crippen LogP contribution in [0, 0.1) is 12.8 Å². The van der Waals surface area contributed by atoms with E-state index in [1.807, 2.05) is 19.1 Å². The van der Waals surface area contributed by atoms with Gasteiger partial charge in [-0.15, -0.1) is 0 Å².